The SMILES string of the molecule is COc1ccc(Br)c(C(=O)c2ccccc2Cl)c1. The van der Waals surface area contributed by atoms with Crippen molar-refractivity contribution < 1.29 is 9.53 Å². The summed E-state index contributed by atoms with van der Waals surface area (Å²) in [5.74, 6) is 0.500. The largest absolute Gasteiger partial charge is 0.497 e. The van der Waals surface area contributed by atoms with Crippen LogP contribution in [-0.2, 0) is 0 Å². The summed E-state index contributed by atoms with van der Waals surface area (Å²) in [5.41, 5.74) is 1.01. The van der Waals surface area contributed by atoms with Crippen LogP contribution in [0.3, 0.4) is 0 Å². The topological polar surface area (TPSA) is 26.3 Å². The van der Waals surface area contributed by atoms with Gasteiger partial charge in [0.05, 0.1) is 12.1 Å². The zero-order valence-electron chi connectivity index (χ0n) is 9.61. The minimum atomic E-state index is -0.133. The Morgan fingerprint density at radius 1 is 1.17 bits per heavy atom. The van der Waals surface area contributed by atoms with Crippen molar-refractivity contribution in [2.45, 2.75) is 0 Å². The van der Waals surface area contributed by atoms with Crippen LogP contribution < -0.4 is 4.74 Å². The van der Waals surface area contributed by atoms with Crippen LogP contribution in [0.4, 0.5) is 0 Å². The third-order valence-electron chi connectivity index (χ3n) is 2.54. The lowest BCUT2D eigenvalue weighted by Gasteiger charge is -2.07. The molecule has 0 saturated heterocycles. The van der Waals surface area contributed by atoms with Crippen LogP contribution in [0.15, 0.2) is 46.9 Å². The van der Waals surface area contributed by atoms with Gasteiger partial charge in [0, 0.05) is 15.6 Å². The van der Waals surface area contributed by atoms with Crippen molar-refractivity contribution in [3.63, 3.8) is 0 Å². The van der Waals surface area contributed by atoms with E-state index in [-0.39, 0.29) is 5.78 Å². The molecule has 0 N–H and O–H groups in total. The predicted octanol–water partition coefficient (Wildman–Crippen LogP) is 4.34. The lowest BCUT2D eigenvalue weighted by atomic mass is 10.0. The maximum Gasteiger partial charge on any atom is 0.195 e. The zero-order chi connectivity index (χ0) is 13.1. The maximum absolute atomic E-state index is 12.4. The van der Waals surface area contributed by atoms with Gasteiger partial charge < -0.3 is 4.74 Å². The lowest BCUT2D eigenvalue weighted by molar-refractivity contribution is 0.103. The average Bonchev–Trinajstić information content (AvgIpc) is 2.39. The highest BCUT2D eigenvalue weighted by atomic mass is 79.9. The van der Waals surface area contributed by atoms with Gasteiger partial charge in [-0.2, -0.15) is 0 Å². The van der Waals surface area contributed by atoms with E-state index in [9.17, 15) is 4.79 Å². The summed E-state index contributed by atoms with van der Waals surface area (Å²) in [7, 11) is 1.56. The fourth-order valence-electron chi connectivity index (χ4n) is 1.60. The van der Waals surface area contributed by atoms with Crippen LogP contribution in [0, 0.1) is 0 Å². The van der Waals surface area contributed by atoms with Crippen molar-refractivity contribution in [1.82, 2.24) is 0 Å². The summed E-state index contributed by atoms with van der Waals surface area (Å²) in [6, 6.07) is 12.2. The molecule has 2 nitrogen and oxygen atoms in total. The summed E-state index contributed by atoms with van der Waals surface area (Å²) < 4.78 is 5.84. The monoisotopic (exact) mass is 324 g/mol. The molecule has 0 amide bonds. The molecule has 18 heavy (non-hydrogen) atoms. The average molecular weight is 326 g/mol. The number of carbonyl (C=O) groups is 1. The molecule has 0 saturated carbocycles. The molecule has 2 rings (SSSR count). The molecule has 0 radical (unpaired) electrons. The Morgan fingerprint density at radius 3 is 2.56 bits per heavy atom. The van der Waals surface area contributed by atoms with Crippen molar-refractivity contribution in [2.24, 2.45) is 0 Å². The highest BCUT2D eigenvalue weighted by Gasteiger charge is 2.15. The number of methoxy groups -OCH3 is 1. The van der Waals surface area contributed by atoms with E-state index in [1.807, 2.05) is 0 Å². The van der Waals surface area contributed by atoms with E-state index >= 15 is 0 Å². The number of ether oxygens (including phenoxy) is 1. The molecule has 2 aromatic carbocycles. The van der Waals surface area contributed by atoms with E-state index in [1.54, 1.807) is 49.6 Å². The zero-order valence-corrected chi connectivity index (χ0v) is 12.0. The number of carbonyl (C=O) groups excluding carboxylic acids is 1. The van der Waals surface area contributed by atoms with Gasteiger partial charge in [-0.3, -0.25) is 4.79 Å². The number of rotatable bonds is 3. The van der Waals surface area contributed by atoms with Gasteiger partial charge in [0.25, 0.3) is 0 Å². The van der Waals surface area contributed by atoms with Crippen LogP contribution in [0.5, 0.6) is 5.75 Å². The second-order valence-corrected chi connectivity index (χ2v) is 4.92. The van der Waals surface area contributed by atoms with Gasteiger partial charge in [0.15, 0.2) is 5.78 Å². The van der Waals surface area contributed by atoms with Gasteiger partial charge >= 0.3 is 0 Å². The first kappa shape index (κ1) is 13.1. The van der Waals surface area contributed by atoms with Crippen LogP contribution in [0.2, 0.25) is 5.02 Å². The first-order valence-corrected chi connectivity index (χ1v) is 6.43. The van der Waals surface area contributed by atoms with Crippen LogP contribution >= 0.6 is 27.5 Å². The molecule has 0 aliphatic rings. The van der Waals surface area contributed by atoms with Gasteiger partial charge in [-0.1, -0.05) is 39.7 Å². The lowest BCUT2D eigenvalue weighted by Crippen LogP contribution is -2.03. The summed E-state index contributed by atoms with van der Waals surface area (Å²) in [5, 5.41) is 0.442. The fourth-order valence-corrected chi connectivity index (χ4v) is 2.24. The number of halogens is 2. The van der Waals surface area contributed by atoms with Crippen molar-refractivity contribution in [3.8, 4) is 5.75 Å². The third kappa shape index (κ3) is 2.57. The number of ketones is 1. The highest BCUT2D eigenvalue weighted by molar-refractivity contribution is 9.10. The number of benzene rings is 2. The van der Waals surface area contributed by atoms with E-state index < -0.39 is 0 Å². The molecule has 4 heteroatoms. The molecule has 0 fully saturated rings. The highest BCUT2D eigenvalue weighted by Crippen LogP contribution is 2.27. The molecule has 0 aromatic heterocycles. The molecule has 0 unspecified atom stereocenters. The van der Waals surface area contributed by atoms with Crippen LogP contribution in [0.1, 0.15) is 15.9 Å². The first-order chi connectivity index (χ1) is 8.63. The fraction of sp³-hybridized carbons (Fsp3) is 0.0714. The van der Waals surface area contributed by atoms with E-state index in [0.717, 1.165) is 0 Å². The van der Waals surface area contributed by atoms with Crippen molar-refractivity contribution in [2.75, 3.05) is 7.11 Å². The third-order valence-corrected chi connectivity index (χ3v) is 3.56. The Kier molecular flexibility index (Phi) is 4.04. The van der Waals surface area contributed by atoms with E-state index in [1.165, 1.54) is 0 Å². The molecular formula is C14H10BrClO2. The summed E-state index contributed by atoms with van der Waals surface area (Å²) >= 11 is 9.39. The van der Waals surface area contributed by atoms with Gasteiger partial charge in [-0.15, -0.1) is 0 Å². The Morgan fingerprint density at radius 2 is 1.89 bits per heavy atom. The molecular weight excluding hydrogens is 316 g/mol. The summed E-state index contributed by atoms with van der Waals surface area (Å²) in [6.07, 6.45) is 0. The molecule has 0 heterocycles. The van der Waals surface area contributed by atoms with Gasteiger partial charge in [-0.05, 0) is 30.3 Å². The molecule has 0 bridgehead atoms. The van der Waals surface area contributed by atoms with E-state index in [0.29, 0.717) is 26.4 Å². The minimum Gasteiger partial charge on any atom is -0.497 e. The maximum atomic E-state index is 12.4. The quantitative estimate of drug-likeness (QED) is 0.785. The smallest absolute Gasteiger partial charge is 0.195 e. The second kappa shape index (κ2) is 5.55. The Hall–Kier alpha value is -1.32. The van der Waals surface area contributed by atoms with Crippen LogP contribution in [0.25, 0.3) is 0 Å². The second-order valence-electron chi connectivity index (χ2n) is 3.65. The Bertz CT molecular complexity index is 596. The Labute approximate surface area is 119 Å². The molecule has 92 valence electrons. The standard InChI is InChI=1S/C14H10BrClO2/c1-18-9-6-7-12(15)11(8-9)14(17)10-4-2-3-5-13(10)16/h2-8H,1H3. The van der Waals surface area contributed by atoms with Crippen molar-refractivity contribution in [1.29, 1.82) is 0 Å². The van der Waals surface area contributed by atoms with Gasteiger partial charge in [0.1, 0.15) is 5.75 Å². The van der Waals surface area contributed by atoms with E-state index in [4.69, 9.17) is 16.3 Å². The molecule has 0 aliphatic carbocycles. The normalized spacial score (nSPS) is 10.2. The number of hydrogen-bond acceptors (Lipinski definition) is 2. The van der Waals surface area contributed by atoms with Gasteiger partial charge in [0.2, 0.25) is 0 Å². The van der Waals surface area contributed by atoms with Crippen LogP contribution in [-0.4, -0.2) is 12.9 Å². The Balaban J connectivity index is 2.49. The molecule has 0 atom stereocenters. The summed E-state index contributed by atoms with van der Waals surface area (Å²) in [4.78, 5) is 12.4. The minimum absolute atomic E-state index is 0.133. The first-order valence-electron chi connectivity index (χ1n) is 5.26. The van der Waals surface area contributed by atoms with Crippen molar-refractivity contribution in [3.05, 3.63) is 63.1 Å². The number of hydrogen-bond donors (Lipinski definition) is 0. The molecule has 0 aliphatic heterocycles. The molecule has 0 spiro atoms. The summed E-state index contributed by atoms with van der Waals surface area (Å²) in [6.45, 7) is 0. The van der Waals surface area contributed by atoms with Gasteiger partial charge in [-0.25, -0.2) is 0 Å². The van der Waals surface area contributed by atoms with E-state index in [2.05, 4.69) is 15.9 Å². The predicted molar refractivity (Wildman–Crippen MR) is 75.6 cm³/mol. The molecule has 2 aromatic rings. The van der Waals surface area contributed by atoms with Crippen molar-refractivity contribution >= 4 is 33.3 Å².